The van der Waals surface area contributed by atoms with Crippen LogP contribution in [0.5, 0.6) is 0 Å². The first kappa shape index (κ1) is 27.1. The molecule has 0 saturated carbocycles. The molecular formula is C24H25F3N4O4S. The third-order valence-corrected chi connectivity index (χ3v) is 6.38. The number of benzene rings is 1. The summed E-state index contributed by atoms with van der Waals surface area (Å²) < 4.78 is 31.7. The maximum atomic E-state index is 12.6. The summed E-state index contributed by atoms with van der Waals surface area (Å²) in [5.74, 6) is -2.78. The predicted octanol–water partition coefficient (Wildman–Crippen LogP) is 3.20. The molecule has 1 saturated heterocycles. The van der Waals surface area contributed by atoms with E-state index < -0.39 is 18.2 Å². The average molecular weight is 523 g/mol. The van der Waals surface area contributed by atoms with Crippen molar-refractivity contribution in [1.82, 2.24) is 20.9 Å². The topological polar surface area (TPSA) is 120 Å². The van der Waals surface area contributed by atoms with Gasteiger partial charge in [0.1, 0.15) is 10.9 Å². The number of amides is 2. The van der Waals surface area contributed by atoms with E-state index in [1.165, 1.54) is 5.56 Å². The van der Waals surface area contributed by atoms with Crippen LogP contribution in [0.1, 0.15) is 30.4 Å². The van der Waals surface area contributed by atoms with Crippen molar-refractivity contribution in [2.45, 2.75) is 44.1 Å². The summed E-state index contributed by atoms with van der Waals surface area (Å²) in [5, 5.41) is 19.2. The molecule has 4 rings (SSSR count). The van der Waals surface area contributed by atoms with E-state index in [2.05, 4.69) is 33.1 Å². The number of hydrogen-bond donors (Lipinski definition) is 4. The zero-order valence-electron chi connectivity index (χ0n) is 19.2. The van der Waals surface area contributed by atoms with E-state index >= 15 is 0 Å². The number of thiophene rings is 1. The Morgan fingerprint density at radius 1 is 1.22 bits per heavy atom. The third kappa shape index (κ3) is 7.49. The highest BCUT2D eigenvalue weighted by Crippen LogP contribution is 2.25. The van der Waals surface area contributed by atoms with Crippen molar-refractivity contribution in [2.24, 2.45) is 0 Å². The van der Waals surface area contributed by atoms with Gasteiger partial charge in [0, 0.05) is 24.7 Å². The van der Waals surface area contributed by atoms with Gasteiger partial charge in [0.2, 0.25) is 11.8 Å². The van der Waals surface area contributed by atoms with E-state index in [4.69, 9.17) is 9.90 Å². The fraction of sp³-hybridized carbons (Fsp3) is 0.333. The molecule has 0 aliphatic carbocycles. The summed E-state index contributed by atoms with van der Waals surface area (Å²) in [5.41, 5.74) is 2.17. The number of carboxylic acids is 1. The number of alkyl halides is 3. The molecule has 1 aliphatic rings. The second-order valence-electron chi connectivity index (χ2n) is 8.21. The van der Waals surface area contributed by atoms with E-state index in [1.807, 2.05) is 35.7 Å². The minimum atomic E-state index is -5.08. The van der Waals surface area contributed by atoms with Gasteiger partial charge >= 0.3 is 12.1 Å². The standard InChI is InChI=1S/C22H24N4O2S.C2HF3O2/c1-14(20(27)24-11-15-9-17-7-8-29-22(17)25-12-15)26-21(28)19-10-18(13-23-19)16-5-3-2-4-6-16;3-2(4,5)1(6)7/h2-9,12,14,18-19,23H,10-11,13H2,1H3,(H,24,27)(H,26,28);(H,6,7)/t14-,18-,19+;/m0./s1. The molecule has 0 radical (unpaired) electrons. The lowest BCUT2D eigenvalue weighted by Gasteiger charge is -2.17. The number of nitrogens with zero attached hydrogens (tertiary/aromatic N) is 1. The molecule has 12 heteroatoms. The van der Waals surface area contributed by atoms with Gasteiger partial charge in [0.15, 0.2) is 0 Å². The Morgan fingerprint density at radius 3 is 2.58 bits per heavy atom. The quantitative estimate of drug-likeness (QED) is 0.395. The van der Waals surface area contributed by atoms with Gasteiger partial charge in [-0.1, -0.05) is 30.3 Å². The Hall–Kier alpha value is -3.51. The minimum Gasteiger partial charge on any atom is -0.475 e. The van der Waals surface area contributed by atoms with E-state index in [0.717, 1.165) is 28.7 Å². The van der Waals surface area contributed by atoms with Gasteiger partial charge in [-0.25, -0.2) is 9.78 Å². The van der Waals surface area contributed by atoms with Crippen molar-refractivity contribution in [2.75, 3.05) is 6.54 Å². The highest BCUT2D eigenvalue weighted by Gasteiger charge is 2.38. The van der Waals surface area contributed by atoms with Crippen LogP contribution in [0.4, 0.5) is 13.2 Å². The Morgan fingerprint density at radius 2 is 1.92 bits per heavy atom. The van der Waals surface area contributed by atoms with Gasteiger partial charge in [-0.15, -0.1) is 11.3 Å². The first-order chi connectivity index (χ1) is 17.0. The van der Waals surface area contributed by atoms with Crippen molar-refractivity contribution in [1.29, 1.82) is 0 Å². The second kappa shape index (κ2) is 12.0. The molecule has 1 fully saturated rings. The summed E-state index contributed by atoms with van der Waals surface area (Å²) >= 11 is 1.59. The van der Waals surface area contributed by atoms with Crippen LogP contribution in [0, 0.1) is 0 Å². The fourth-order valence-electron chi connectivity index (χ4n) is 3.64. The molecule has 1 aromatic carbocycles. The lowest BCUT2D eigenvalue weighted by Crippen LogP contribution is -2.49. The van der Waals surface area contributed by atoms with Crippen molar-refractivity contribution in [3.63, 3.8) is 0 Å². The van der Waals surface area contributed by atoms with Gasteiger partial charge in [-0.3, -0.25) is 9.59 Å². The van der Waals surface area contributed by atoms with Crippen LogP contribution in [0.2, 0.25) is 0 Å². The van der Waals surface area contributed by atoms with Crippen molar-refractivity contribution < 1.29 is 32.7 Å². The summed E-state index contributed by atoms with van der Waals surface area (Å²) in [7, 11) is 0. The molecule has 192 valence electrons. The SMILES string of the molecule is C[C@H](NC(=O)[C@H]1C[C@H](c2ccccc2)CN1)C(=O)NCc1cnc2sccc2c1.O=C(O)C(F)(F)F. The molecule has 0 bridgehead atoms. The zero-order valence-corrected chi connectivity index (χ0v) is 20.0. The highest BCUT2D eigenvalue weighted by atomic mass is 32.1. The van der Waals surface area contributed by atoms with Crippen LogP contribution in [0.15, 0.2) is 54.0 Å². The van der Waals surface area contributed by atoms with E-state index in [-0.39, 0.29) is 17.9 Å². The predicted molar refractivity (Wildman–Crippen MR) is 128 cm³/mol. The van der Waals surface area contributed by atoms with Crippen LogP contribution in [-0.2, 0) is 20.9 Å². The van der Waals surface area contributed by atoms with Gasteiger partial charge < -0.3 is 21.1 Å². The number of pyridine rings is 1. The Kier molecular flexibility index (Phi) is 8.99. The number of aromatic nitrogens is 1. The highest BCUT2D eigenvalue weighted by molar-refractivity contribution is 7.16. The monoisotopic (exact) mass is 522 g/mol. The molecule has 2 amide bonds. The molecule has 0 spiro atoms. The Balaban J connectivity index is 0.000000454. The third-order valence-electron chi connectivity index (χ3n) is 5.54. The molecule has 3 aromatic rings. The number of hydrogen-bond acceptors (Lipinski definition) is 6. The Bertz CT molecular complexity index is 1200. The fourth-order valence-corrected chi connectivity index (χ4v) is 4.36. The number of fused-ring (bicyclic) bond motifs is 1. The van der Waals surface area contributed by atoms with Crippen molar-refractivity contribution >= 4 is 39.3 Å². The number of nitrogens with one attached hydrogen (secondary N) is 3. The lowest BCUT2D eigenvalue weighted by molar-refractivity contribution is -0.192. The molecule has 4 N–H and O–H groups in total. The second-order valence-corrected chi connectivity index (χ2v) is 9.11. The van der Waals surface area contributed by atoms with Crippen molar-refractivity contribution in [3.8, 4) is 0 Å². The van der Waals surface area contributed by atoms with E-state index in [1.54, 1.807) is 24.5 Å². The molecule has 1 aliphatic heterocycles. The maximum Gasteiger partial charge on any atom is 0.490 e. The molecule has 8 nitrogen and oxygen atoms in total. The number of carbonyl (C=O) groups excluding carboxylic acids is 2. The normalized spacial score (nSPS) is 18.1. The van der Waals surface area contributed by atoms with Crippen molar-refractivity contribution in [3.05, 3.63) is 65.2 Å². The van der Waals surface area contributed by atoms with Crippen LogP contribution in [-0.4, -0.2) is 52.7 Å². The summed E-state index contributed by atoms with van der Waals surface area (Å²) in [4.78, 5) is 39.2. The van der Waals surface area contributed by atoms with Gasteiger partial charge in [-0.05, 0) is 47.9 Å². The number of carboxylic acid groups (broad SMARTS) is 1. The molecule has 3 heterocycles. The molecule has 3 atom stereocenters. The van der Waals surface area contributed by atoms with Crippen LogP contribution >= 0.6 is 11.3 Å². The zero-order chi connectivity index (χ0) is 26.3. The van der Waals surface area contributed by atoms with Gasteiger partial charge in [-0.2, -0.15) is 13.2 Å². The maximum absolute atomic E-state index is 12.6. The summed E-state index contributed by atoms with van der Waals surface area (Å²) in [6.07, 6.45) is -2.58. The van der Waals surface area contributed by atoms with Crippen LogP contribution in [0.3, 0.4) is 0 Å². The molecular weight excluding hydrogens is 497 g/mol. The first-order valence-corrected chi connectivity index (χ1v) is 11.9. The molecule has 0 unspecified atom stereocenters. The first-order valence-electron chi connectivity index (χ1n) is 11.0. The molecule has 2 aromatic heterocycles. The number of halogens is 3. The summed E-state index contributed by atoms with van der Waals surface area (Å²) in [6, 6.07) is 13.4. The largest absolute Gasteiger partial charge is 0.490 e. The lowest BCUT2D eigenvalue weighted by atomic mass is 9.96. The van der Waals surface area contributed by atoms with E-state index in [0.29, 0.717) is 12.5 Å². The van der Waals surface area contributed by atoms with E-state index in [9.17, 15) is 22.8 Å². The number of carbonyl (C=O) groups is 3. The molecule has 36 heavy (non-hydrogen) atoms. The van der Waals surface area contributed by atoms with Gasteiger partial charge in [0.05, 0.1) is 6.04 Å². The van der Waals surface area contributed by atoms with Crippen LogP contribution in [0.25, 0.3) is 10.2 Å². The van der Waals surface area contributed by atoms with Gasteiger partial charge in [0.25, 0.3) is 0 Å². The minimum absolute atomic E-state index is 0.132. The summed E-state index contributed by atoms with van der Waals surface area (Å²) in [6.45, 7) is 2.85. The Labute approximate surface area is 208 Å². The average Bonchev–Trinajstić information content (AvgIpc) is 3.52. The number of rotatable bonds is 6. The number of aliphatic carboxylic acids is 1. The van der Waals surface area contributed by atoms with Crippen LogP contribution < -0.4 is 16.0 Å². The smallest absolute Gasteiger partial charge is 0.475 e.